The number of amides is 1. The lowest BCUT2D eigenvalue weighted by atomic mass is 10.0. The molecule has 0 unspecified atom stereocenters. The highest BCUT2D eigenvalue weighted by Crippen LogP contribution is 2.17. The van der Waals surface area contributed by atoms with Crippen LogP contribution in [0.1, 0.15) is 44.2 Å². The van der Waals surface area contributed by atoms with Gasteiger partial charge in [0.2, 0.25) is 5.95 Å². The van der Waals surface area contributed by atoms with E-state index in [0.717, 1.165) is 50.7 Å². The maximum Gasteiger partial charge on any atom is 0.279 e. The summed E-state index contributed by atoms with van der Waals surface area (Å²) < 4.78 is 0. The Morgan fingerprint density at radius 1 is 1.14 bits per heavy atom. The first-order chi connectivity index (χ1) is 13.5. The lowest BCUT2D eigenvalue weighted by Crippen LogP contribution is -3.15. The Morgan fingerprint density at radius 2 is 1.79 bits per heavy atom. The average Bonchev–Trinajstić information content (AvgIpc) is 2.70. The van der Waals surface area contributed by atoms with Crippen LogP contribution in [0.4, 0.5) is 11.6 Å². The van der Waals surface area contributed by atoms with Crippen molar-refractivity contribution in [1.82, 2.24) is 9.97 Å². The van der Waals surface area contributed by atoms with Crippen LogP contribution in [0.2, 0.25) is 0 Å². The molecule has 0 spiro atoms. The zero-order valence-electron chi connectivity index (χ0n) is 17.2. The minimum absolute atomic E-state index is 0.0703. The van der Waals surface area contributed by atoms with Crippen molar-refractivity contribution in [3.05, 3.63) is 47.8 Å². The van der Waals surface area contributed by atoms with Crippen LogP contribution in [0.5, 0.6) is 0 Å². The van der Waals surface area contributed by atoms with Crippen molar-refractivity contribution in [2.75, 3.05) is 42.9 Å². The van der Waals surface area contributed by atoms with Crippen molar-refractivity contribution in [3.63, 3.8) is 0 Å². The van der Waals surface area contributed by atoms with Crippen molar-refractivity contribution in [1.29, 1.82) is 0 Å². The van der Waals surface area contributed by atoms with Crippen LogP contribution >= 0.6 is 0 Å². The number of rotatable bonds is 7. The van der Waals surface area contributed by atoms with Gasteiger partial charge in [-0.2, -0.15) is 0 Å². The van der Waals surface area contributed by atoms with E-state index in [2.05, 4.69) is 53.1 Å². The molecule has 1 aromatic carbocycles. The second-order valence-corrected chi connectivity index (χ2v) is 7.88. The van der Waals surface area contributed by atoms with Gasteiger partial charge in [0, 0.05) is 18.1 Å². The smallest absolute Gasteiger partial charge is 0.279 e. The molecule has 1 aromatic heterocycles. The van der Waals surface area contributed by atoms with E-state index in [1.54, 1.807) is 0 Å². The Hall–Kier alpha value is -2.47. The highest BCUT2D eigenvalue weighted by atomic mass is 16.2. The van der Waals surface area contributed by atoms with E-state index in [0.29, 0.717) is 12.5 Å². The molecule has 0 aliphatic carbocycles. The first-order valence-electron chi connectivity index (χ1n) is 10.3. The molecule has 2 heterocycles. The number of nitrogens with zero attached hydrogens (tertiary/aromatic N) is 3. The fraction of sp³-hybridized carbons (Fsp3) is 0.500. The first kappa shape index (κ1) is 20.3. The maximum absolute atomic E-state index is 12.4. The molecule has 1 aliphatic rings. The van der Waals surface area contributed by atoms with Crippen LogP contribution in [0.15, 0.2) is 36.7 Å². The summed E-state index contributed by atoms with van der Waals surface area (Å²) in [5, 5.41) is 3.02. The number of hydrogen-bond donors (Lipinski definition) is 2. The van der Waals surface area contributed by atoms with Crippen molar-refractivity contribution < 1.29 is 9.69 Å². The molecule has 6 heteroatoms. The number of anilines is 2. The summed E-state index contributed by atoms with van der Waals surface area (Å²) in [5.74, 6) is 1.37. The third kappa shape index (κ3) is 5.52. The van der Waals surface area contributed by atoms with Gasteiger partial charge >= 0.3 is 0 Å². The minimum Gasteiger partial charge on any atom is -0.330 e. The van der Waals surface area contributed by atoms with E-state index >= 15 is 0 Å². The Morgan fingerprint density at radius 3 is 2.36 bits per heavy atom. The molecule has 1 amide bonds. The SMILES string of the molecule is CCCc1cnc(N2CC[NH+](CC(=O)Nc3ccc(C(C)C)cc3)CC2)nc1. The van der Waals surface area contributed by atoms with Gasteiger partial charge in [0.1, 0.15) is 0 Å². The highest BCUT2D eigenvalue weighted by Gasteiger charge is 2.23. The first-order valence-corrected chi connectivity index (χ1v) is 10.3. The van der Waals surface area contributed by atoms with E-state index < -0.39 is 0 Å². The third-order valence-corrected chi connectivity index (χ3v) is 5.26. The maximum atomic E-state index is 12.4. The van der Waals surface area contributed by atoms with Gasteiger partial charge in [0.25, 0.3) is 5.91 Å². The monoisotopic (exact) mass is 382 g/mol. The normalized spacial score (nSPS) is 15.1. The third-order valence-electron chi connectivity index (χ3n) is 5.26. The topological polar surface area (TPSA) is 62.6 Å². The van der Waals surface area contributed by atoms with E-state index in [1.807, 2.05) is 24.5 Å². The summed E-state index contributed by atoms with van der Waals surface area (Å²) >= 11 is 0. The Kier molecular flexibility index (Phi) is 6.98. The molecule has 1 saturated heterocycles. The lowest BCUT2D eigenvalue weighted by Gasteiger charge is -2.31. The number of hydrogen-bond acceptors (Lipinski definition) is 4. The van der Waals surface area contributed by atoms with Crippen LogP contribution in [0.3, 0.4) is 0 Å². The van der Waals surface area contributed by atoms with Crippen LogP contribution in [0, 0.1) is 0 Å². The highest BCUT2D eigenvalue weighted by molar-refractivity contribution is 5.91. The lowest BCUT2D eigenvalue weighted by molar-refractivity contribution is -0.892. The standard InChI is InChI=1S/C22H31N5O/c1-4-5-18-14-23-22(24-15-18)27-12-10-26(11-13-27)16-21(28)25-20-8-6-19(7-9-20)17(2)3/h6-9,14-15,17H,4-5,10-13,16H2,1-3H3,(H,25,28)/p+1. The van der Waals surface area contributed by atoms with Gasteiger partial charge in [-0.3, -0.25) is 4.79 Å². The van der Waals surface area contributed by atoms with E-state index in [-0.39, 0.29) is 5.91 Å². The van der Waals surface area contributed by atoms with Gasteiger partial charge in [-0.25, -0.2) is 9.97 Å². The zero-order chi connectivity index (χ0) is 19.9. The quantitative estimate of drug-likeness (QED) is 0.768. The van der Waals surface area contributed by atoms with Crippen molar-refractivity contribution in [3.8, 4) is 0 Å². The number of aryl methyl sites for hydroxylation is 1. The number of quaternary nitrogens is 1. The summed E-state index contributed by atoms with van der Waals surface area (Å²) in [6.45, 7) is 10.6. The predicted octanol–water partition coefficient (Wildman–Crippen LogP) is 1.90. The van der Waals surface area contributed by atoms with Crippen LogP contribution < -0.4 is 15.1 Å². The second kappa shape index (κ2) is 9.64. The van der Waals surface area contributed by atoms with Crippen LogP contribution in [0.25, 0.3) is 0 Å². The fourth-order valence-electron chi connectivity index (χ4n) is 3.51. The molecule has 0 radical (unpaired) electrons. The molecule has 0 saturated carbocycles. The van der Waals surface area contributed by atoms with Gasteiger partial charge in [-0.15, -0.1) is 0 Å². The molecular formula is C22H32N5O+. The zero-order valence-corrected chi connectivity index (χ0v) is 17.2. The largest absolute Gasteiger partial charge is 0.330 e. The number of piperazine rings is 1. The molecule has 2 N–H and O–H groups in total. The van der Waals surface area contributed by atoms with Gasteiger partial charge in [0.15, 0.2) is 6.54 Å². The molecule has 2 aromatic rings. The molecule has 0 bridgehead atoms. The van der Waals surface area contributed by atoms with E-state index in [9.17, 15) is 4.79 Å². The second-order valence-electron chi connectivity index (χ2n) is 7.88. The minimum atomic E-state index is 0.0703. The summed E-state index contributed by atoms with van der Waals surface area (Å²) in [5.41, 5.74) is 3.34. The van der Waals surface area contributed by atoms with E-state index in [1.165, 1.54) is 16.0 Å². The number of carbonyl (C=O) groups excluding carboxylic acids is 1. The summed E-state index contributed by atoms with van der Waals surface area (Å²) in [6, 6.07) is 8.13. The molecule has 150 valence electrons. The molecule has 28 heavy (non-hydrogen) atoms. The van der Waals surface area contributed by atoms with Gasteiger partial charge in [-0.1, -0.05) is 39.3 Å². The van der Waals surface area contributed by atoms with Crippen LogP contribution in [-0.4, -0.2) is 48.6 Å². The molecule has 1 fully saturated rings. The van der Waals surface area contributed by atoms with Gasteiger partial charge < -0.3 is 15.1 Å². The molecular weight excluding hydrogens is 350 g/mol. The van der Waals surface area contributed by atoms with Crippen molar-refractivity contribution in [2.45, 2.75) is 39.5 Å². The van der Waals surface area contributed by atoms with Gasteiger partial charge in [0.05, 0.1) is 26.2 Å². The fourth-order valence-corrected chi connectivity index (χ4v) is 3.51. The number of nitrogens with one attached hydrogen (secondary N) is 2. The predicted molar refractivity (Wildman–Crippen MR) is 113 cm³/mol. The Balaban J connectivity index is 1.45. The Bertz CT molecular complexity index is 750. The van der Waals surface area contributed by atoms with E-state index in [4.69, 9.17) is 0 Å². The summed E-state index contributed by atoms with van der Waals surface area (Å²) in [4.78, 5) is 24.9. The molecule has 0 atom stereocenters. The number of aromatic nitrogens is 2. The number of carbonyl (C=O) groups is 1. The average molecular weight is 383 g/mol. The number of benzene rings is 1. The van der Waals surface area contributed by atoms with Crippen LogP contribution in [-0.2, 0) is 11.2 Å². The summed E-state index contributed by atoms with van der Waals surface area (Å²) in [6.07, 6.45) is 5.99. The molecule has 1 aliphatic heterocycles. The Labute approximate surface area is 168 Å². The molecule has 3 rings (SSSR count). The molecule has 6 nitrogen and oxygen atoms in total. The summed E-state index contributed by atoms with van der Waals surface area (Å²) in [7, 11) is 0. The van der Waals surface area contributed by atoms with Crippen molar-refractivity contribution in [2.24, 2.45) is 0 Å². The van der Waals surface area contributed by atoms with Crippen molar-refractivity contribution >= 4 is 17.5 Å². The van der Waals surface area contributed by atoms with Gasteiger partial charge in [-0.05, 0) is 35.6 Å².